The molecule has 0 bridgehead atoms. The summed E-state index contributed by atoms with van der Waals surface area (Å²) in [6, 6.07) is 2.33. The third-order valence-electron chi connectivity index (χ3n) is 1.98. The number of hydrogen-bond acceptors (Lipinski definition) is 3. The Bertz CT molecular complexity index is 546. The Morgan fingerprint density at radius 1 is 1.41 bits per heavy atom. The van der Waals surface area contributed by atoms with E-state index in [0.717, 1.165) is 16.4 Å². The quantitative estimate of drug-likeness (QED) is 0.831. The van der Waals surface area contributed by atoms with Crippen molar-refractivity contribution in [2.45, 2.75) is 4.90 Å². The molecule has 1 aromatic carbocycles. The molecule has 0 atom stereocenters. The summed E-state index contributed by atoms with van der Waals surface area (Å²) in [6.45, 7) is -0.170. The molecule has 0 heterocycles. The number of sulfonamides is 1. The zero-order valence-corrected chi connectivity index (χ0v) is 10.5. The largest absolute Gasteiger partial charge is 0.392 e. The standard InChI is InChI=1S/C9H10F2N2O2S2/c1-13(5-9(12)16)17(14,15)6-2-3-7(10)8(11)4-6/h2-4H,5H2,1H3,(H2,12,16). The van der Waals surface area contributed by atoms with Gasteiger partial charge in [-0.2, -0.15) is 4.31 Å². The molecule has 8 heteroatoms. The van der Waals surface area contributed by atoms with Gasteiger partial charge >= 0.3 is 0 Å². The zero-order chi connectivity index (χ0) is 13.2. The maximum atomic E-state index is 12.9. The number of benzene rings is 1. The molecule has 17 heavy (non-hydrogen) atoms. The highest BCUT2D eigenvalue weighted by molar-refractivity contribution is 7.89. The molecule has 0 spiro atoms. The molecule has 0 aliphatic rings. The van der Waals surface area contributed by atoms with Gasteiger partial charge in [-0.05, 0) is 18.2 Å². The lowest BCUT2D eigenvalue weighted by Crippen LogP contribution is -2.34. The van der Waals surface area contributed by atoms with Crippen molar-refractivity contribution in [3.05, 3.63) is 29.8 Å². The van der Waals surface area contributed by atoms with E-state index >= 15 is 0 Å². The van der Waals surface area contributed by atoms with Crippen LogP contribution >= 0.6 is 12.2 Å². The minimum atomic E-state index is -3.91. The van der Waals surface area contributed by atoms with E-state index in [4.69, 9.17) is 5.73 Å². The number of hydrogen-bond donors (Lipinski definition) is 1. The van der Waals surface area contributed by atoms with E-state index in [9.17, 15) is 17.2 Å². The number of nitrogens with two attached hydrogens (primary N) is 1. The average Bonchev–Trinajstić information content (AvgIpc) is 2.20. The van der Waals surface area contributed by atoms with Gasteiger partial charge in [-0.15, -0.1) is 0 Å². The lowest BCUT2D eigenvalue weighted by molar-refractivity contribution is 0.493. The van der Waals surface area contributed by atoms with Crippen molar-refractivity contribution in [2.75, 3.05) is 13.6 Å². The Morgan fingerprint density at radius 2 is 2.00 bits per heavy atom. The van der Waals surface area contributed by atoms with Crippen LogP contribution in [0.25, 0.3) is 0 Å². The number of rotatable bonds is 4. The highest BCUT2D eigenvalue weighted by Gasteiger charge is 2.22. The normalized spacial score (nSPS) is 11.8. The molecule has 0 saturated carbocycles. The van der Waals surface area contributed by atoms with E-state index < -0.39 is 21.7 Å². The van der Waals surface area contributed by atoms with Gasteiger partial charge < -0.3 is 5.73 Å². The van der Waals surface area contributed by atoms with Gasteiger partial charge in [0.05, 0.1) is 16.4 Å². The molecule has 0 radical (unpaired) electrons. The van der Waals surface area contributed by atoms with Crippen molar-refractivity contribution < 1.29 is 17.2 Å². The van der Waals surface area contributed by atoms with E-state index in [2.05, 4.69) is 12.2 Å². The summed E-state index contributed by atoms with van der Waals surface area (Å²) in [5, 5.41) is 0. The minimum Gasteiger partial charge on any atom is -0.392 e. The Labute approximate surface area is 103 Å². The van der Waals surface area contributed by atoms with Crippen molar-refractivity contribution >= 4 is 27.2 Å². The van der Waals surface area contributed by atoms with E-state index in [1.807, 2.05) is 0 Å². The summed E-state index contributed by atoms with van der Waals surface area (Å²) in [5.74, 6) is -2.34. The van der Waals surface area contributed by atoms with Gasteiger partial charge in [-0.3, -0.25) is 0 Å². The third-order valence-corrected chi connectivity index (χ3v) is 3.91. The van der Waals surface area contributed by atoms with Crippen LogP contribution < -0.4 is 5.73 Å². The Balaban J connectivity index is 3.13. The Morgan fingerprint density at radius 3 is 2.47 bits per heavy atom. The smallest absolute Gasteiger partial charge is 0.243 e. The van der Waals surface area contributed by atoms with E-state index in [1.54, 1.807) is 0 Å². The van der Waals surface area contributed by atoms with Crippen LogP contribution in [0.3, 0.4) is 0 Å². The minimum absolute atomic E-state index is 0.0151. The fourth-order valence-electron chi connectivity index (χ4n) is 1.12. The predicted molar refractivity (Wildman–Crippen MR) is 63.0 cm³/mol. The molecule has 0 aliphatic heterocycles. The lowest BCUT2D eigenvalue weighted by Gasteiger charge is -2.16. The summed E-state index contributed by atoms with van der Waals surface area (Å²) < 4.78 is 50.2. The fraction of sp³-hybridized carbons (Fsp3) is 0.222. The van der Waals surface area contributed by atoms with Gasteiger partial charge in [0.2, 0.25) is 10.0 Å². The molecule has 1 rings (SSSR count). The Hall–Kier alpha value is -1.12. The summed E-state index contributed by atoms with van der Waals surface area (Å²) in [5.41, 5.74) is 5.21. The predicted octanol–water partition coefficient (Wildman–Crippen LogP) is 0.871. The van der Waals surface area contributed by atoms with Crippen molar-refractivity contribution in [2.24, 2.45) is 5.73 Å². The molecular formula is C9H10F2N2O2S2. The van der Waals surface area contributed by atoms with Crippen molar-refractivity contribution in [3.63, 3.8) is 0 Å². The van der Waals surface area contributed by atoms with Crippen molar-refractivity contribution in [3.8, 4) is 0 Å². The van der Waals surface area contributed by atoms with Crippen LogP contribution in [0, 0.1) is 11.6 Å². The first kappa shape index (κ1) is 13.9. The summed E-state index contributed by atoms with van der Waals surface area (Å²) in [4.78, 5) is -0.367. The molecule has 0 aliphatic carbocycles. The first-order valence-electron chi connectivity index (χ1n) is 4.45. The second-order valence-corrected chi connectivity index (χ2v) is 5.87. The van der Waals surface area contributed by atoms with Gasteiger partial charge in [0, 0.05) is 7.05 Å². The molecule has 0 saturated heterocycles. The maximum absolute atomic E-state index is 12.9. The van der Waals surface area contributed by atoms with Gasteiger partial charge in [0.25, 0.3) is 0 Å². The molecule has 0 aromatic heterocycles. The van der Waals surface area contributed by atoms with Gasteiger partial charge in [0.1, 0.15) is 0 Å². The van der Waals surface area contributed by atoms with Crippen LogP contribution in [-0.2, 0) is 10.0 Å². The van der Waals surface area contributed by atoms with Gasteiger partial charge in [0.15, 0.2) is 11.6 Å². The first-order chi connectivity index (χ1) is 7.75. The highest BCUT2D eigenvalue weighted by Crippen LogP contribution is 2.17. The zero-order valence-electron chi connectivity index (χ0n) is 8.85. The molecule has 94 valence electrons. The third kappa shape index (κ3) is 3.18. The number of nitrogens with zero attached hydrogens (tertiary/aromatic N) is 1. The van der Waals surface area contributed by atoms with Crippen LogP contribution in [0.1, 0.15) is 0 Å². The average molecular weight is 280 g/mol. The van der Waals surface area contributed by atoms with Crippen LogP contribution in [0.5, 0.6) is 0 Å². The molecular weight excluding hydrogens is 270 g/mol. The molecule has 4 nitrogen and oxygen atoms in total. The van der Waals surface area contributed by atoms with Crippen LogP contribution in [-0.4, -0.2) is 31.3 Å². The number of halogens is 2. The van der Waals surface area contributed by atoms with Crippen LogP contribution in [0.4, 0.5) is 8.78 Å². The summed E-state index contributed by atoms with van der Waals surface area (Å²) in [6.07, 6.45) is 0. The lowest BCUT2D eigenvalue weighted by atomic mass is 10.3. The van der Waals surface area contributed by atoms with Crippen LogP contribution in [0.15, 0.2) is 23.1 Å². The second kappa shape index (κ2) is 5.03. The summed E-state index contributed by atoms with van der Waals surface area (Å²) in [7, 11) is -2.67. The monoisotopic (exact) mass is 280 g/mol. The van der Waals surface area contributed by atoms with E-state index in [1.165, 1.54) is 7.05 Å². The fourth-order valence-corrected chi connectivity index (χ4v) is 2.56. The van der Waals surface area contributed by atoms with Crippen LogP contribution in [0.2, 0.25) is 0 Å². The van der Waals surface area contributed by atoms with Crippen molar-refractivity contribution in [1.29, 1.82) is 0 Å². The maximum Gasteiger partial charge on any atom is 0.243 e. The van der Waals surface area contributed by atoms with Gasteiger partial charge in [-0.25, -0.2) is 17.2 Å². The number of thiocarbonyl (C=S) groups is 1. The highest BCUT2D eigenvalue weighted by atomic mass is 32.2. The van der Waals surface area contributed by atoms with E-state index in [-0.39, 0.29) is 16.4 Å². The number of likely N-dealkylation sites (N-methyl/N-ethyl adjacent to an activating group) is 1. The topological polar surface area (TPSA) is 63.4 Å². The summed E-state index contributed by atoms with van der Waals surface area (Å²) >= 11 is 4.57. The van der Waals surface area contributed by atoms with Gasteiger partial charge in [-0.1, -0.05) is 12.2 Å². The second-order valence-electron chi connectivity index (χ2n) is 3.30. The molecule has 1 aromatic rings. The molecule has 0 amide bonds. The molecule has 0 unspecified atom stereocenters. The van der Waals surface area contributed by atoms with E-state index in [0.29, 0.717) is 6.07 Å². The van der Waals surface area contributed by atoms with Crippen molar-refractivity contribution in [1.82, 2.24) is 4.31 Å². The Kier molecular flexibility index (Phi) is 4.12. The molecule has 2 N–H and O–H groups in total. The SMILES string of the molecule is CN(CC(N)=S)S(=O)(=O)c1ccc(F)c(F)c1. The molecule has 0 fully saturated rings. The first-order valence-corrected chi connectivity index (χ1v) is 6.29.